The molecule has 3 heterocycles. The Morgan fingerprint density at radius 3 is 2.73 bits per heavy atom. The first-order valence-corrected chi connectivity index (χ1v) is 11.4. The number of esters is 1. The van der Waals surface area contributed by atoms with Gasteiger partial charge >= 0.3 is 5.97 Å². The Kier molecular flexibility index (Phi) is 6.20. The molecule has 0 saturated carbocycles. The van der Waals surface area contributed by atoms with Gasteiger partial charge in [-0.2, -0.15) is 0 Å². The van der Waals surface area contributed by atoms with Crippen LogP contribution in [-0.4, -0.2) is 47.0 Å². The molecule has 1 aromatic rings. The standard InChI is InChI=1S/C22H24ClN3O3S/c1-3-17-19(21(28)29-2)20(14-7-6-8-15(23)11-14)26-16(13-30-22(26)24-17)12-18(27)25-9-4-5-10-25/h6-8,11,13,20H,3-5,9-10,12H2,1-2H3. The van der Waals surface area contributed by atoms with E-state index in [1.165, 1.54) is 18.9 Å². The van der Waals surface area contributed by atoms with Crippen LogP contribution in [0.15, 0.2) is 51.6 Å². The Bertz CT molecular complexity index is 966. The highest BCUT2D eigenvalue weighted by molar-refractivity contribution is 8.16. The SMILES string of the molecule is CCC1=C(C(=O)OC)C(c2cccc(Cl)c2)N2C(CC(=O)N3CCCC3)=CSC2=N1. The van der Waals surface area contributed by atoms with E-state index in [0.29, 0.717) is 22.7 Å². The molecule has 1 amide bonds. The van der Waals surface area contributed by atoms with Gasteiger partial charge in [-0.15, -0.1) is 0 Å². The number of carbonyl (C=O) groups is 2. The van der Waals surface area contributed by atoms with Gasteiger partial charge in [-0.25, -0.2) is 9.79 Å². The molecule has 3 aliphatic rings. The molecule has 0 aromatic heterocycles. The first kappa shape index (κ1) is 21.0. The lowest BCUT2D eigenvalue weighted by molar-refractivity contribution is -0.136. The number of thioether (sulfide) groups is 1. The Labute approximate surface area is 185 Å². The minimum atomic E-state index is -0.439. The quantitative estimate of drug-likeness (QED) is 0.625. The van der Waals surface area contributed by atoms with Gasteiger partial charge in [0.05, 0.1) is 30.8 Å². The number of likely N-dealkylation sites (tertiary alicyclic amines) is 1. The summed E-state index contributed by atoms with van der Waals surface area (Å²) in [6, 6.07) is 7.03. The lowest BCUT2D eigenvalue weighted by Gasteiger charge is -2.36. The molecule has 1 unspecified atom stereocenters. The smallest absolute Gasteiger partial charge is 0.338 e. The minimum Gasteiger partial charge on any atom is -0.466 e. The number of amides is 1. The zero-order valence-corrected chi connectivity index (χ0v) is 18.6. The summed E-state index contributed by atoms with van der Waals surface area (Å²) in [6.07, 6.45) is 2.98. The Balaban J connectivity index is 1.75. The van der Waals surface area contributed by atoms with Crippen LogP contribution in [0.1, 0.15) is 44.2 Å². The lowest BCUT2D eigenvalue weighted by atomic mass is 9.93. The molecular formula is C22H24ClN3O3S. The van der Waals surface area contributed by atoms with Crippen molar-refractivity contribution in [2.75, 3.05) is 20.2 Å². The summed E-state index contributed by atoms with van der Waals surface area (Å²) in [7, 11) is 1.38. The number of halogens is 1. The van der Waals surface area contributed by atoms with Gasteiger partial charge in [-0.1, -0.05) is 42.4 Å². The summed E-state index contributed by atoms with van der Waals surface area (Å²) in [5.74, 6) is -0.308. The number of aliphatic imine (C=N–C) groups is 1. The van der Waals surface area contributed by atoms with Crippen molar-refractivity contribution < 1.29 is 14.3 Å². The number of carbonyl (C=O) groups excluding carboxylic acids is 2. The van der Waals surface area contributed by atoms with Crippen LogP contribution in [0.25, 0.3) is 0 Å². The van der Waals surface area contributed by atoms with E-state index in [2.05, 4.69) is 0 Å². The largest absolute Gasteiger partial charge is 0.466 e. The second-order valence-electron chi connectivity index (χ2n) is 7.42. The third-order valence-electron chi connectivity index (χ3n) is 5.58. The number of hydrogen-bond donors (Lipinski definition) is 0. The van der Waals surface area contributed by atoms with E-state index < -0.39 is 12.0 Å². The zero-order valence-electron chi connectivity index (χ0n) is 17.1. The minimum absolute atomic E-state index is 0.107. The monoisotopic (exact) mass is 445 g/mol. The number of amidine groups is 1. The summed E-state index contributed by atoms with van der Waals surface area (Å²) in [5.41, 5.74) is 2.90. The average Bonchev–Trinajstić information content (AvgIpc) is 3.42. The number of ether oxygens (including phenoxy) is 1. The average molecular weight is 446 g/mol. The fourth-order valence-electron chi connectivity index (χ4n) is 4.14. The topological polar surface area (TPSA) is 62.2 Å². The molecule has 30 heavy (non-hydrogen) atoms. The Morgan fingerprint density at radius 1 is 1.30 bits per heavy atom. The highest BCUT2D eigenvalue weighted by Crippen LogP contribution is 2.45. The van der Waals surface area contributed by atoms with Gasteiger partial charge in [0.15, 0.2) is 5.17 Å². The Hall–Kier alpha value is -2.25. The molecule has 3 aliphatic heterocycles. The molecular weight excluding hydrogens is 422 g/mol. The lowest BCUT2D eigenvalue weighted by Crippen LogP contribution is -2.38. The second-order valence-corrected chi connectivity index (χ2v) is 8.69. The predicted molar refractivity (Wildman–Crippen MR) is 119 cm³/mol. The molecule has 1 atom stereocenters. The fraction of sp³-hybridized carbons (Fsp3) is 0.409. The van der Waals surface area contributed by atoms with E-state index in [9.17, 15) is 9.59 Å². The van der Waals surface area contributed by atoms with Gasteiger partial charge in [0, 0.05) is 23.8 Å². The molecule has 158 valence electrons. The molecule has 0 aliphatic carbocycles. The second kappa shape index (κ2) is 8.86. The van der Waals surface area contributed by atoms with Gasteiger partial charge in [-0.05, 0) is 42.4 Å². The van der Waals surface area contributed by atoms with Crippen molar-refractivity contribution in [2.45, 2.75) is 38.6 Å². The number of benzene rings is 1. The van der Waals surface area contributed by atoms with E-state index in [1.54, 1.807) is 6.07 Å². The zero-order chi connectivity index (χ0) is 21.3. The third-order valence-corrected chi connectivity index (χ3v) is 6.71. The first-order valence-electron chi connectivity index (χ1n) is 10.1. The van der Waals surface area contributed by atoms with Crippen molar-refractivity contribution in [3.05, 3.63) is 57.2 Å². The predicted octanol–water partition coefficient (Wildman–Crippen LogP) is 4.49. The molecule has 0 spiro atoms. The molecule has 0 N–H and O–H groups in total. The molecule has 1 saturated heterocycles. The van der Waals surface area contributed by atoms with Crippen LogP contribution in [0.2, 0.25) is 5.02 Å². The molecule has 1 fully saturated rings. The van der Waals surface area contributed by atoms with E-state index in [-0.39, 0.29) is 12.3 Å². The van der Waals surface area contributed by atoms with Crippen molar-refractivity contribution in [2.24, 2.45) is 4.99 Å². The summed E-state index contributed by atoms with van der Waals surface area (Å²) >= 11 is 7.77. The summed E-state index contributed by atoms with van der Waals surface area (Å²) in [6.45, 7) is 3.59. The van der Waals surface area contributed by atoms with E-state index in [1.807, 2.05) is 40.3 Å². The van der Waals surface area contributed by atoms with Gasteiger partial charge in [0.2, 0.25) is 5.91 Å². The number of allylic oxidation sites excluding steroid dienone is 1. The van der Waals surface area contributed by atoms with E-state index in [4.69, 9.17) is 21.3 Å². The molecule has 8 heteroatoms. The van der Waals surface area contributed by atoms with Crippen molar-refractivity contribution in [1.29, 1.82) is 0 Å². The van der Waals surface area contributed by atoms with Crippen LogP contribution in [0.4, 0.5) is 0 Å². The maximum absolute atomic E-state index is 12.8. The number of methoxy groups -OCH3 is 1. The van der Waals surface area contributed by atoms with Crippen molar-refractivity contribution in [3.63, 3.8) is 0 Å². The maximum atomic E-state index is 12.8. The summed E-state index contributed by atoms with van der Waals surface area (Å²) in [4.78, 5) is 34.3. The third kappa shape index (κ3) is 3.88. The van der Waals surface area contributed by atoms with Crippen LogP contribution >= 0.6 is 23.4 Å². The Morgan fingerprint density at radius 2 is 2.07 bits per heavy atom. The van der Waals surface area contributed by atoms with Gasteiger partial charge in [0.25, 0.3) is 0 Å². The summed E-state index contributed by atoms with van der Waals surface area (Å²) < 4.78 is 5.12. The number of fused-ring (bicyclic) bond motifs is 1. The van der Waals surface area contributed by atoms with Gasteiger partial charge < -0.3 is 14.5 Å². The summed E-state index contributed by atoms with van der Waals surface area (Å²) in [5, 5.41) is 3.33. The molecule has 4 rings (SSSR count). The van der Waals surface area contributed by atoms with Crippen LogP contribution in [0.5, 0.6) is 0 Å². The molecule has 0 bridgehead atoms. The molecule has 0 radical (unpaired) electrons. The highest BCUT2D eigenvalue weighted by Gasteiger charge is 2.41. The van der Waals surface area contributed by atoms with E-state index >= 15 is 0 Å². The van der Waals surface area contributed by atoms with Crippen molar-refractivity contribution >= 4 is 40.4 Å². The number of hydrogen-bond acceptors (Lipinski definition) is 6. The first-order chi connectivity index (χ1) is 14.5. The number of rotatable bonds is 5. The fourth-order valence-corrected chi connectivity index (χ4v) is 5.27. The van der Waals surface area contributed by atoms with Crippen molar-refractivity contribution in [3.8, 4) is 0 Å². The normalized spacial score (nSPS) is 20.8. The van der Waals surface area contributed by atoms with Gasteiger partial charge in [-0.3, -0.25) is 4.79 Å². The number of nitrogens with zero attached hydrogens (tertiary/aromatic N) is 3. The van der Waals surface area contributed by atoms with Crippen LogP contribution in [-0.2, 0) is 14.3 Å². The van der Waals surface area contributed by atoms with E-state index in [0.717, 1.165) is 42.4 Å². The van der Waals surface area contributed by atoms with Gasteiger partial charge in [0.1, 0.15) is 0 Å². The van der Waals surface area contributed by atoms with Crippen molar-refractivity contribution in [1.82, 2.24) is 9.80 Å². The molecule has 6 nitrogen and oxygen atoms in total. The van der Waals surface area contributed by atoms with Crippen LogP contribution in [0, 0.1) is 0 Å². The van der Waals surface area contributed by atoms with Crippen LogP contribution in [0.3, 0.4) is 0 Å². The van der Waals surface area contributed by atoms with Crippen LogP contribution < -0.4 is 0 Å². The highest BCUT2D eigenvalue weighted by atomic mass is 35.5. The maximum Gasteiger partial charge on any atom is 0.338 e. The molecule has 1 aromatic carbocycles.